The molecule has 1 aromatic rings. The molecule has 2 rings (SSSR count). The summed E-state index contributed by atoms with van der Waals surface area (Å²) >= 11 is 6.51. The van der Waals surface area contributed by atoms with E-state index in [0.29, 0.717) is 13.2 Å². The van der Waals surface area contributed by atoms with E-state index in [1.165, 1.54) is 16.7 Å². The molecule has 0 bridgehead atoms. The van der Waals surface area contributed by atoms with Crippen molar-refractivity contribution in [3.63, 3.8) is 0 Å². The number of benzene rings is 1. The van der Waals surface area contributed by atoms with Crippen LogP contribution in [0.1, 0.15) is 22.3 Å². The van der Waals surface area contributed by atoms with Gasteiger partial charge in [-0.25, -0.2) is 0 Å². The van der Waals surface area contributed by atoms with Crippen LogP contribution in [-0.4, -0.2) is 20.3 Å². The summed E-state index contributed by atoms with van der Waals surface area (Å²) in [7, 11) is 1.71. The summed E-state index contributed by atoms with van der Waals surface area (Å²) in [5.41, 5.74) is 4.69. The Balaban J connectivity index is 2.56. The maximum absolute atomic E-state index is 6.51. The van der Waals surface area contributed by atoms with Gasteiger partial charge in [0.25, 0.3) is 0 Å². The predicted molar refractivity (Wildman–Crippen MR) is 65.6 cm³/mol. The standard InChI is InChI=1S/C13H17ClO2/c1-8-5-11(13(14)6-16-7-13)9(2)10(3)12(8)15-4/h5H,6-7H2,1-4H3. The van der Waals surface area contributed by atoms with Crippen LogP contribution in [0.3, 0.4) is 0 Å². The lowest BCUT2D eigenvalue weighted by Crippen LogP contribution is -2.42. The molecule has 1 fully saturated rings. The van der Waals surface area contributed by atoms with E-state index in [4.69, 9.17) is 21.1 Å². The van der Waals surface area contributed by atoms with Crippen LogP contribution in [0.4, 0.5) is 0 Å². The summed E-state index contributed by atoms with van der Waals surface area (Å²) in [4.78, 5) is -0.328. The average molecular weight is 241 g/mol. The molecular weight excluding hydrogens is 224 g/mol. The van der Waals surface area contributed by atoms with Crippen molar-refractivity contribution in [1.29, 1.82) is 0 Å². The highest BCUT2D eigenvalue weighted by atomic mass is 35.5. The highest BCUT2D eigenvalue weighted by Crippen LogP contribution is 2.41. The Morgan fingerprint density at radius 2 is 1.88 bits per heavy atom. The fraction of sp³-hybridized carbons (Fsp3) is 0.538. The number of alkyl halides is 1. The Bertz CT molecular complexity index is 422. The zero-order chi connectivity index (χ0) is 11.9. The first-order chi connectivity index (χ1) is 7.49. The lowest BCUT2D eigenvalue weighted by Gasteiger charge is -2.37. The van der Waals surface area contributed by atoms with Crippen LogP contribution >= 0.6 is 11.6 Å². The van der Waals surface area contributed by atoms with Gasteiger partial charge in [-0.05, 0) is 43.0 Å². The molecule has 1 saturated heterocycles. The highest BCUT2D eigenvalue weighted by molar-refractivity contribution is 6.25. The van der Waals surface area contributed by atoms with Crippen LogP contribution in [-0.2, 0) is 9.61 Å². The van der Waals surface area contributed by atoms with Gasteiger partial charge in [0.15, 0.2) is 0 Å². The molecule has 0 aromatic heterocycles. The molecule has 0 N–H and O–H groups in total. The zero-order valence-corrected chi connectivity index (χ0v) is 10.9. The van der Waals surface area contributed by atoms with Crippen LogP contribution < -0.4 is 4.74 Å². The molecule has 88 valence electrons. The summed E-state index contributed by atoms with van der Waals surface area (Å²) in [5, 5.41) is 0. The third kappa shape index (κ3) is 1.61. The van der Waals surface area contributed by atoms with Crippen LogP contribution in [0, 0.1) is 20.8 Å². The lowest BCUT2D eigenvalue weighted by atomic mass is 9.88. The fourth-order valence-corrected chi connectivity index (χ4v) is 2.63. The van der Waals surface area contributed by atoms with E-state index in [1.807, 2.05) is 0 Å². The first-order valence-electron chi connectivity index (χ1n) is 5.41. The average Bonchev–Trinajstić information content (AvgIpc) is 2.21. The minimum atomic E-state index is -0.328. The Morgan fingerprint density at radius 1 is 1.25 bits per heavy atom. The Labute approximate surface area is 102 Å². The second-order valence-corrected chi connectivity index (χ2v) is 5.21. The largest absolute Gasteiger partial charge is 0.496 e. The summed E-state index contributed by atoms with van der Waals surface area (Å²) < 4.78 is 10.6. The summed E-state index contributed by atoms with van der Waals surface area (Å²) in [6.07, 6.45) is 0. The van der Waals surface area contributed by atoms with Crippen LogP contribution in [0.15, 0.2) is 6.07 Å². The van der Waals surface area contributed by atoms with Crippen molar-refractivity contribution < 1.29 is 9.47 Å². The van der Waals surface area contributed by atoms with Gasteiger partial charge in [0.2, 0.25) is 0 Å². The summed E-state index contributed by atoms with van der Waals surface area (Å²) in [6, 6.07) is 2.12. The molecule has 0 amide bonds. The third-order valence-corrected chi connectivity index (χ3v) is 3.80. The minimum Gasteiger partial charge on any atom is -0.496 e. The van der Waals surface area contributed by atoms with Crippen molar-refractivity contribution in [2.24, 2.45) is 0 Å². The van der Waals surface area contributed by atoms with E-state index >= 15 is 0 Å². The van der Waals surface area contributed by atoms with Gasteiger partial charge in [0, 0.05) is 0 Å². The topological polar surface area (TPSA) is 18.5 Å². The number of hydrogen-bond donors (Lipinski definition) is 0. The number of halogens is 1. The molecule has 16 heavy (non-hydrogen) atoms. The Morgan fingerprint density at radius 3 is 2.31 bits per heavy atom. The molecule has 0 radical (unpaired) electrons. The minimum absolute atomic E-state index is 0.328. The summed E-state index contributed by atoms with van der Waals surface area (Å²) in [5.74, 6) is 0.960. The normalized spacial score (nSPS) is 18.1. The van der Waals surface area contributed by atoms with Crippen molar-refractivity contribution in [3.05, 3.63) is 28.3 Å². The molecule has 1 heterocycles. The molecule has 3 heteroatoms. The van der Waals surface area contributed by atoms with Crippen molar-refractivity contribution in [2.75, 3.05) is 20.3 Å². The van der Waals surface area contributed by atoms with Crippen molar-refractivity contribution in [3.8, 4) is 5.75 Å². The second kappa shape index (κ2) is 3.94. The lowest BCUT2D eigenvalue weighted by molar-refractivity contribution is -0.0155. The van der Waals surface area contributed by atoms with E-state index in [9.17, 15) is 0 Å². The van der Waals surface area contributed by atoms with Gasteiger partial charge >= 0.3 is 0 Å². The van der Waals surface area contributed by atoms with E-state index in [1.54, 1.807) is 7.11 Å². The molecule has 0 atom stereocenters. The van der Waals surface area contributed by atoms with Gasteiger partial charge in [0.05, 0.1) is 20.3 Å². The quantitative estimate of drug-likeness (QED) is 0.740. The summed E-state index contributed by atoms with van der Waals surface area (Å²) in [6.45, 7) is 7.41. The smallest absolute Gasteiger partial charge is 0.124 e. The molecule has 0 aliphatic carbocycles. The van der Waals surface area contributed by atoms with Crippen molar-refractivity contribution in [2.45, 2.75) is 25.6 Å². The maximum atomic E-state index is 6.51. The SMILES string of the molecule is COc1c(C)cc(C2(Cl)COC2)c(C)c1C. The van der Waals surface area contributed by atoms with Crippen molar-refractivity contribution in [1.82, 2.24) is 0 Å². The molecule has 0 spiro atoms. The molecule has 0 unspecified atom stereocenters. The Kier molecular flexibility index (Phi) is 2.89. The monoisotopic (exact) mass is 240 g/mol. The molecule has 1 aliphatic rings. The molecule has 0 saturated carbocycles. The van der Waals surface area contributed by atoms with E-state index < -0.39 is 0 Å². The van der Waals surface area contributed by atoms with Gasteiger partial charge in [0.1, 0.15) is 10.6 Å². The first kappa shape index (κ1) is 11.7. The van der Waals surface area contributed by atoms with Gasteiger partial charge in [-0.2, -0.15) is 0 Å². The van der Waals surface area contributed by atoms with Crippen LogP contribution in [0.2, 0.25) is 0 Å². The molecule has 1 aliphatic heterocycles. The third-order valence-electron chi connectivity index (χ3n) is 3.37. The highest BCUT2D eigenvalue weighted by Gasteiger charge is 2.40. The van der Waals surface area contributed by atoms with E-state index in [2.05, 4.69) is 26.8 Å². The number of aryl methyl sites for hydroxylation is 1. The molecule has 2 nitrogen and oxygen atoms in total. The number of hydrogen-bond acceptors (Lipinski definition) is 2. The molecule has 1 aromatic carbocycles. The number of methoxy groups -OCH3 is 1. The van der Waals surface area contributed by atoms with Gasteiger partial charge in [-0.1, -0.05) is 6.07 Å². The van der Waals surface area contributed by atoms with Crippen LogP contribution in [0.25, 0.3) is 0 Å². The number of rotatable bonds is 2. The van der Waals surface area contributed by atoms with Crippen LogP contribution in [0.5, 0.6) is 5.75 Å². The second-order valence-electron chi connectivity index (χ2n) is 4.48. The first-order valence-corrected chi connectivity index (χ1v) is 5.79. The van der Waals surface area contributed by atoms with Gasteiger partial charge in [-0.3, -0.25) is 0 Å². The maximum Gasteiger partial charge on any atom is 0.124 e. The van der Waals surface area contributed by atoms with E-state index in [-0.39, 0.29) is 4.87 Å². The van der Waals surface area contributed by atoms with Crippen molar-refractivity contribution >= 4 is 11.6 Å². The molecular formula is C13H17ClO2. The van der Waals surface area contributed by atoms with E-state index in [0.717, 1.165) is 11.3 Å². The Hall–Kier alpha value is -0.730. The predicted octanol–water partition coefficient (Wildman–Crippen LogP) is 3.08. The number of ether oxygens (including phenoxy) is 2. The van der Waals surface area contributed by atoms with Gasteiger partial charge in [-0.15, -0.1) is 11.6 Å². The zero-order valence-electron chi connectivity index (χ0n) is 10.2. The van der Waals surface area contributed by atoms with Gasteiger partial charge < -0.3 is 9.47 Å². The fourth-order valence-electron chi connectivity index (χ4n) is 2.27.